The van der Waals surface area contributed by atoms with Gasteiger partial charge in [0.2, 0.25) is 0 Å². The first-order valence-electron chi connectivity index (χ1n) is 2.27. The Kier molecular flexibility index (Phi) is 0.895. The number of hydrogen-bond acceptors (Lipinski definition) is 0. The SMILES string of the molecule is CC1=[C][N]C(C)=C1. The fraction of sp³-hybridized carbons (Fsp3) is 0.333. The summed E-state index contributed by atoms with van der Waals surface area (Å²) in [7, 11) is 0. The van der Waals surface area contributed by atoms with Gasteiger partial charge >= 0.3 is 0 Å². The van der Waals surface area contributed by atoms with Crippen molar-refractivity contribution >= 4 is 0 Å². The lowest BCUT2D eigenvalue weighted by Gasteiger charge is -1.80. The molecule has 0 N–H and O–H groups in total. The number of hydrogen-bond donors (Lipinski definition) is 0. The molecule has 0 saturated carbocycles. The van der Waals surface area contributed by atoms with Crippen LogP contribution in [0.4, 0.5) is 0 Å². The molecule has 0 aromatic rings. The lowest BCUT2D eigenvalue weighted by molar-refractivity contribution is 1.04. The van der Waals surface area contributed by atoms with E-state index in [9.17, 15) is 0 Å². The maximum atomic E-state index is 3.89. The molecular formula is C6H7N. The summed E-state index contributed by atoms with van der Waals surface area (Å²) in [5.74, 6) is 0. The molecule has 0 aromatic carbocycles. The Labute approximate surface area is 43.7 Å². The van der Waals surface area contributed by atoms with E-state index in [2.05, 4.69) is 11.5 Å². The van der Waals surface area contributed by atoms with E-state index < -0.39 is 0 Å². The van der Waals surface area contributed by atoms with Gasteiger partial charge in [0.25, 0.3) is 0 Å². The molecule has 7 heavy (non-hydrogen) atoms. The topological polar surface area (TPSA) is 14.1 Å². The molecule has 0 atom stereocenters. The van der Waals surface area contributed by atoms with Crippen LogP contribution in [0.1, 0.15) is 13.8 Å². The molecule has 0 aliphatic carbocycles. The average molecular weight is 93.1 g/mol. The molecule has 1 heterocycles. The van der Waals surface area contributed by atoms with Crippen molar-refractivity contribution in [2.24, 2.45) is 0 Å². The lowest BCUT2D eigenvalue weighted by Crippen LogP contribution is -1.83. The van der Waals surface area contributed by atoms with Crippen molar-refractivity contribution in [2.45, 2.75) is 13.8 Å². The highest BCUT2D eigenvalue weighted by Gasteiger charge is 1.96. The third kappa shape index (κ3) is 0.829. The van der Waals surface area contributed by atoms with Crippen molar-refractivity contribution in [3.05, 3.63) is 23.5 Å². The minimum absolute atomic E-state index is 1.05. The fourth-order valence-electron chi connectivity index (χ4n) is 0.554. The monoisotopic (exact) mass is 93.1 g/mol. The second kappa shape index (κ2) is 1.41. The molecule has 1 aliphatic rings. The minimum atomic E-state index is 1.05. The van der Waals surface area contributed by atoms with Crippen molar-refractivity contribution in [3.8, 4) is 0 Å². The predicted octanol–water partition coefficient (Wildman–Crippen LogP) is 1.22. The maximum Gasteiger partial charge on any atom is 0.0921 e. The largest absolute Gasteiger partial charge is 0.251 e. The van der Waals surface area contributed by atoms with E-state index in [1.54, 1.807) is 0 Å². The Morgan fingerprint density at radius 1 is 1.57 bits per heavy atom. The molecule has 2 radical (unpaired) electrons. The van der Waals surface area contributed by atoms with Gasteiger partial charge in [-0.05, 0) is 25.5 Å². The number of nitrogens with zero attached hydrogens (tertiary/aromatic N) is 1. The molecule has 0 aromatic heterocycles. The van der Waals surface area contributed by atoms with Gasteiger partial charge in [0, 0.05) is 5.70 Å². The molecule has 0 unspecified atom stereocenters. The Hall–Kier alpha value is -0.720. The summed E-state index contributed by atoms with van der Waals surface area (Å²) in [5.41, 5.74) is 2.18. The third-order valence-corrected chi connectivity index (χ3v) is 0.834. The fourth-order valence-corrected chi connectivity index (χ4v) is 0.554. The van der Waals surface area contributed by atoms with Gasteiger partial charge in [-0.2, -0.15) is 0 Å². The highest BCUT2D eigenvalue weighted by atomic mass is 14.9. The number of rotatable bonds is 0. The predicted molar refractivity (Wildman–Crippen MR) is 28.3 cm³/mol. The second-order valence-electron chi connectivity index (χ2n) is 1.69. The van der Waals surface area contributed by atoms with Crippen LogP contribution in [0.25, 0.3) is 0 Å². The summed E-state index contributed by atoms with van der Waals surface area (Å²) in [6.45, 7) is 3.95. The first-order valence-corrected chi connectivity index (χ1v) is 2.27. The Morgan fingerprint density at radius 3 is 2.43 bits per heavy atom. The van der Waals surface area contributed by atoms with Gasteiger partial charge in [-0.3, -0.25) is 5.32 Å². The van der Waals surface area contributed by atoms with Crippen LogP contribution in [0.2, 0.25) is 0 Å². The van der Waals surface area contributed by atoms with Gasteiger partial charge in [-0.1, -0.05) is 0 Å². The maximum absolute atomic E-state index is 3.89. The van der Waals surface area contributed by atoms with Gasteiger partial charge in [-0.15, -0.1) is 0 Å². The first kappa shape index (κ1) is 4.44. The summed E-state index contributed by atoms with van der Waals surface area (Å²) >= 11 is 0. The van der Waals surface area contributed by atoms with Crippen molar-refractivity contribution < 1.29 is 0 Å². The van der Waals surface area contributed by atoms with E-state index in [1.165, 1.54) is 0 Å². The van der Waals surface area contributed by atoms with Crippen LogP contribution < -0.4 is 5.32 Å². The molecule has 0 bridgehead atoms. The summed E-state index contributed by atoms with van der Waals surface area (Å²) in [5, 5.41) is 3.89. The molecule has 36 valence electrons. The highest BCUT2D eigenvalue weighted by molar-refractivity contribution is 5.23. The summed E-state index contributed by atoms with van der Waals surface area (Å²) in [4.78, 5) is 0. The van der Waals surface area contributed by atoms with Gasteiger partial charge in [-0.25, -0.2) is 0 Å². The summed E-state index contributed by atoms with van der Waals surface area (Å²) in [6.07, 6.45) is 4.82. The van der Waals surface area contributed by atoms with Gasteiger partial charge in [0.15, 0.2) is 0 Å². The van der Waals surface area contributed by atoms with Crippen LogP contribution in [0.3, 0.4) is 0 Å². The molecule has 0 fully saturated rings. The molecule has 1 nitrogen and oxygen atoms in total. The van der Waals surface area contributed by atoms with Crippen molar-refractivity contribution in [2.75, 3.05) is 0 Å². The van der Waals surface area contributed by atoms with Crippen LogP contribution in [-0.4, -0.2) is 0 Å². The van der Waals surface area contributed by atoms with Crippen LogP contribution >= 0.6 is 0 Å². The first-order chi connectivity index (χ1) is 3.29. The van der Waals surface area contributed by atoms with E-state index in [1.807, 2.05) is 19.9 Å². The second-order valence-corrected chi connectivity index (χ2v) is 1.69. The van der Waals surface area contributed by atoms with E-state index in [0.29, 0.717) is 0 Å². The van der Waals surface area contributed by atoms with Gasteiger partial charge < -0.3 is 0 Å². The van der Waals surface area contributed by atoms with E-state index in [-0.39, 0.29) is 0 Å². The average Bonchev–Trinajstić information content (AvgIpc) is 1.87. The summed E-state index contributed by atoms with van der Waals surface area (Å²) < 4.78 is 0. The third-order valence-electron chi connectivity index (χ3n) is 0.834. The van der Waals surface area contributed by atoms with Crippen molar-refractivity contribution in [1.29, 1.82) is 0 Å². The number of allylic oxidation sites excluding steroid dienone is 3. The van der Waals surface area contributed by atoms with E-state index in [0.717, 1.165) is 11.3 Å². The van der Waals surface area contributed by atoms with E-state index >= 15 is 0 Å². The highest BCUT2D eigenvalue weighted by Crippen LogP contribution is 2.05. The van der Waals surface area contributed by atoms with E-state index in [4.69, 9.17) is 0 Å². The molecule has 1 heteroatoms. The van der Waals surface area contributed by atoms with Crippen LogP contribution in [0.5, 0.6) is 0 Å². The zero-order chi connectivity index (χ0) is 5.28. The zero-order valence-electron chi connectivity index (χ0n) is 4.52. The molecule has 1 aliphatic heterocycles. The minimum Gasteiger partial charge on any atom is -0.251 e. The molecule has 0 saturated heterocycles. The Balaban J connectivity index is 2.69. The summed E-state index contributed by atoms with van der Waals surface area (Å²) in [6, 6.07) is 0. The molecular weight excluding hydrogens is 86.1 g/mol. The standard InChI is InChI=1S/C6H7N/c1-5-3-6(2)7-4-5/h3H,1-2H3. The van der Waals surface area contributed by atoms with Crippen molar-refractivity contribution in [3.63, 3.8) is 0 Å². The zero-order valence-corrected chi connectivity index (χ0v) is 4.52. The molecule has 0 amide bonds. The van der Waals surface area contributed by atoms with Gasteiger partial charge in [0.1, 0.15) is 0 Å². The van der Waals surface area contributed by atoms with Gasteiger partial charge in [0.05, 0.1) is 6.20 Å². The molecule has 1 rings (SSSR count). The van der Waals surface area contributed by atoms with Crippen LogP contribution in [0.15, 0.2) is 17.3 Å². The molecule has 0 spiro atoms. The van der Waals surface area contributed by atoms with Crippen LogP contribution in [-0.2, 0) is 0 Å². The Bertz CT molecular complexity index is 131. The quantitative estimate of drug-likeness (QED) is 0.427. The lowest BCUT2D eigenvalue weighted by atomic mass is 10.3. The Morgan fingerprint density at radius 2 is 2.29 bits per heavy atom. The van der Waals surface area contributed by atoms with Crippen LogP contribution in [0, 0.1) is 6.20 Å². The smallest absolute Gasteiger partial charge is 0.0921 e. The van der Waals surface area contributed by atoms with Crippen molar-refractivity contribution in [1.82, 2.24) is 5.32 Å². The normalized spacial score (nSPS) is 18.0.